The van der Waals surface area contributed by atoms with E-state index in [9.17, 15) is 9.90 Å². The van der Waals surface area contributed by atoms with E-state index in [1.807, 2.05) is 0 Å². The number of aromatic nitrogens is 1. The molecule has 0 aliphatic heterocycles. The maximum atomic E-state index is 10.7. The van der Waals surface area contributed by atoms with E-state index in [1.54, 1.807) is 0 Å². The Morgan fingerprint density at radius 1 is 1.56 bits per heavy atom. The standard InChI is InChI=1S/C9H9N3O4/c10-2-6(13)7(14)4-1-5(9(15)16)8(11)12-3-4/h1,3,6-7,13-14H,(H2,11,12)(H,15,16). The molecule has 0 fully saturated rings. The van der Waals surface area contributed by atoms with Gasteiger partial charge in [0.05, 0.1) is 6.07 Å². The summed E-state index contributed by atoms with van der Waals surface area (Å²) < 4.78 is 0. The molecule has 0 bridgehead atoms. The lowest BCUT2D eigenvalue weighted by Gasteiger charge is -2.12. The van der Waals surface area contributed by atoms with Crippen molar-refractivity contribution in [2.75, 3.05) is 5.73 Å². The van der Waals surface area contributed by atoms with E-state index in [2.05, 4.69) is 4.98 Å². The average Bonchev–Trinajstić information content (AvgIpc) is 2.27. The Kier molecular flexibility index (Phi) is 3.40. The molecule has 84 valence electrons. The van der Waals surface area contributed by atoms with Gasteiger partial charge in [0.2, 0.25) is 0 Å². The van der Waals surface area contributed by atoms with Crippen molar-refractivity contribution in [1.82, 2.24) is 4.98 Å². The van der Waals surface area contributed by atoms with E-state index in [0.717, 1.165) is 12.3 Å². The second-order valence-electron chi connectivity index (χ2n) is 3.03. The van der Waals surface area contributed by atoms with Crippen molar-refractivity contribution >= 4 is 11.8 Å². The average molecular weight is 223 g/mol. The molecule has 0 saturated heterocycles. The first-order valence-electron chi connectivity index (χ1n) is 4.21. The van der Waals surface area contributed by atoms with Crippen molar-refractivity contribution in [2.24, 2.45) is 0 Å². The lowest BCUT2D eigenvalue weighted by molar-refractivity contribution is 0.0523. The molecule has 0 spiro atoms. The first-order valence-corrected chi connectivity index (χ1v) is 4.21. The molecule has 7 nitrogen and oxygen atoms in total. The van der Waals surface area contributed by atoms with Crippen LogP contribution in [-0.4, -0.2) is 32.4 Å². The topological polar surface area (TPSA) is 140 Å². The van der Waals surface area contributed by atoms with Crippen molar-refractivity contribution in [2.45, 2.75) is 12.2 Å². The highest BCUT2D eigenvalue weighted by Crippen LogP contribution is 2.19. The van der Waals surface area contributed by atoms with Gasteiger partial charge in [0.15, 0.2) is 6.10 Å². The summed E-state index contributed by atoms with van der Waals surface area (Å²) in [6.45, 7) is 0. The molecule has 2 atom stereocenters. The Balaban J connectivity index is 3.13. The van der Waals surface area contributed by atoms with Crippen LogP contribution in [0.3, 0.4) is 0 Å². The van der Waals surface area contributed by atoms with Gasteiger partial charge in [-0.3, -0.25) is 0 Å². The van der Waals surface area contributed by atoms with E-state index < -0.39 is 18.2 Å². The number of hydrogen-bond donors (Lipinski definition) is 4. The van der Waals surface area contributed by atoms with Crippen molar-refractivity contribution in [1.29, 1.82) is 5.26 Å². The van der Waals surface area contributed by atoms with Gasteiger partial charge in [-0.2, -0.15) is 5.26 Å². The summed E-state index contributed by atoms with van der Waals surface area (Å²) in [5, 5.41) is 35.6. The number of nitriles is 1. The molecule has 0 aliphatic rings. The number of carboxylic acids is 1. The van der Waals surface area contributed by atoms with E-state index in [4.69, 9.17) is 21.2 Å². The van der Waals surface area contributed by atoms with Crippen LogP contribution in [0.4, 0.5) is 5.82 Å². The molecule has 0 aliphatic carbocycles. The largest absolute Gasteiger partial charge is 0.478 e. The monoisotopic (exact) mass is 223 g/mol. The van der Waals surface area contributed by atoms with Crippen LogP contribution in [0, 0.1) is 11.3 Å². The summed E-state index contributed by atoms with van der Waals surface area (Å²) in [6, 6.07) is 2.49. The molecule has 1 aromatic heterocycles. The summed E-state index contributed by atoms with van der Waals surface area (Å²) in [5.41, 5.74) is 5.02. The summed E-state index contributed by atoms with van der Waals surface area (Å²) in [6.07, 6.45) is -2.06. The number of carbonyl (C=O) groups is 1. The minimum atomic E-state index is -1.65. The normalized spacial score (nSPS) is 13.8. The van der Waals surface area contributed by atoms with Crippen LogP contribution in [0.25, 0.3) is 0 Å². The van der Waals surface area contributed by atoms with Crippen LogP contribution in [0.2, 0.25) is 0 Å². The third kappa shape index (κ3) is 2.25. The fourth-order valence-corrected chi connectivity index (χ4v) is 1.08. The Morgan fingerprint density at radius 3 is 2.69 bits per heavy atom. The van der Waals surface area contributed by atoms with Crippen molar-refractivity contribution in [3.05, 3.63) is 23.4 Å². The number of aliphatic hydroxyl groups excluding tert-OH is 2. The fourth-order valence-electron chi connectivity index (χ4n) is 1.08. The Morgan fingerprint density at radius 2 is 2.19 bits per heavy atom. The number of aliphatic hydroxyl groups is 2. The third-order valence-electron chi connectivity index (χ3n) is 1.94. The number of carboxylic acid groups (broad SMARTS) is 1. The maximum absolute atomic E-state index is 10.7. The highest BCUT2D eigenvalue weighted by molar-refractivity contribution is 5.92. The maximum Gasteiger partial charge on any atom is 0.339 e. The predicted molar refractivity (Wildman–Crippen MR) is 52.2 cm³/mol. The van der Waals surface area contributed by atoms with Crippen molar-refractivity contribution in [3.8, 4) is 6.07 Å². The van der Waals surface area contributed by atoms with E-state index in [-0.39, 0.29) is 16.9 Å². The predicted octanol–water partition coefficient (Wildman–Crippen LogP) is -0.720. The zero-order valence-electron chi connectivity index (χ0n) is 8.03. The summed E-state index contributed by atoms with van der Waals surface area (Å²) >= 11 is 0. The second kappa shape index (κ2) is 4.57. The number of anilines is 1. The number of nitrogens with two attached hydrogens (primary N) is 1. The Hall–Kier alpha value is -2.17. The number of pyridine rings is 1. The van der Waals surface area contributed by atoms with Gasteiger partial charge in [-0.1, -0.05) is 0 Å². The van der Waals surface area contributed by atoms with Gasteiger partial charge in [-0.05, 0) is 6.07 Å². The van der Waals surface area contributed by atoms with E-state index in [0.29, 0.717) is 0 Å². The van der Waals surface area contributed by atoms with Crippen LogP contribution < -0.4 is 5.73 Å². The van der Waals surface area contributed by atoms with Gasteiger partial charge in [0.25, 0.3) is 0 Å². The second-order valence-corrected chi connectivity index (χ2v) is 3.03. The zero-order chi connectivity index (χ0) is 12.3. The fraction of sp³-hybridized carbons (Fsp3) is 0.222. The minimum Gasteiger partial charge on any atom is -0.478 e. The van der Waals surface area contributed by atoms with Crippen molar-refractivity contribution in [3.63, 3.8) is 0 Å². The molecule has 16 heavy (non-hydrogen) atoms. The quantitative estimate of drug-likeness (QED) is 0.495. The van der Waals surface area contributed by atoms with Gasteiger partial charge in [-0.25, -0.2) is 9.78 Å². The van der Waals surface area contributed by atoms with Crippen LogP contribution in [0.1, 0.15) is 22.0 Å². The van der Waals surface area contributed by atoms with Crippen LogP contribution in [0.15, 0.2) is 12.3 Å². The zero-order valence-corrected chi connectivity index (χ0v) is 8.03. The molecule has 1 heterocycles. The van der Waals surface area contributed by atoms with E-state index >= 15 is 0 Å². The van der Waals surface area contributed by atoms with Gasteiger partial charge < -0.3 is 21.1 Å². The third-order valence-corrected chi connectivity index (χ3v) is 1.94. The number of nitrogens with zero attached hydrogens (tertiary/aromatic N) is 2. The molecule has 2 unspecified atom stereocenters. The molecule has 0 saturated carbocycles. The number of hydrogen-bond acceptors (Lipinski definition) is 6. The molecule has 0 radical (unpaired) electrons. The number of rotatable bonds is 3. The molecule has 1 rings (SSSR count). The minimum absolute atomic E-state index is 0.0145. The molecule has 0 amide bonds. The highest BCUT2D eigenvalue weighted by atomic mass is 16.4. The molecule has 0 aromatic carbocycles. The lowest BCUT2D eigenvalue weighted by atomic mass is 10.1. The first-order chi connectivity index (χ1) is 7.47. The highest BCUT2D eigenvalue weighted by Gasteiger charge is 2.20. The van der Waals surface area contributed by atoms with Gasteiger partial charge in [0, 0.05) is 11.8 Å². The molecule has 5 N–H and O–H groups in total. The summed E-state index contributed by atoms with van der Waals surface area (Å²) in [7, 11) is 0. The van der Waals surface area contributed by atoms with Gasteiger partial charge in [-0.15, -0.1) is 0 Å². The van der Waals surface area contributed by atoms with Crippen LogP contribution in [-0.2, 0) is 0 Å². The Bertz CT molecular complexity index is 455. The molecular formula is C9H9N3O4. The van der Waals surface area contributed by atoms with E-state index in [1.165, 1.54) is 6.07 Å². The smallest absolute Gasteiger partial charge is 0.339 e. The first kappa shape index (κ1) is 11.9. The summed E-state index contributed by atoms with van der Waals surface area (Å²) in [4.78, 5) is 14.3. The van der Waals surface area contributed by atoms with Crippen LogP contribution in [0.5, 0.6) is 0 Å². The van der Waals surface area contributed by atoms with Crippen molar-refractivity contribution < 1.29 is 20.1 Å². The SMILES string of the molecule is N#CC(O)C(O)c1cnc(N)c(C(=O)O)c1. The Labute approximate surface area is 90.4 Å². The molecular weight excluding hydrogens is 214 g/mol. The lowest BCUT2D eigenvalue weighted by Crippen LogP contribution is -2.17. The van der Waals surface area contributed by atoms with Crippen LogP contribution >= 0.6 is 0 Å². The van der Waals surface area contributed by atoms with Gasteiger partial charge >= 0.3 is 5.97 Å². The molecule has 1 aromatic rings. The van der Waals surface area contributed by atoms with Gasteiger partial charge in [0.1, 0.15) is 17.5 Å². The number of aromatic carboxylic acids is 1. The molecule has 7 heteroatoms. The summed E-state index contributed by atoms with van der Waals surface area (Å²) in [5.74, 6) is -1.50. The number of nitrogen functional groups attached to an aromatic ring is 1.